The minimum absolute atomic E-state index is 0.0439. The van der Waals surface area contributed by atoms with Crippen molar-refractivity contribution in [3.63, 3.8) is 0 Å². The fraction of sp³-hybridized carbons (Fsp3) is 0.435. The van der Waals surface area contributed by atoms with Crippen molar-refractivity contribution in [1.29, 1.82) is 0 Å². The lowest BCUT2D eigenvalue weighted by Crippen LogP contribution is -2.66. The Morgan fingerprint density at radius 3 is 1.71 bits per heavy atom. The van der Waals surface area contributed by atoms with Gasteiger partial charge >= 0.3 is 0 Å². The van der Waals surface area contributed by atoms with Crippen LogP contribution in [0.1, 0.15) is 20.8 Å². The predicted octanol–water partition coefficient (Wildman–Crippen LogP) is 2.36. The molecule has 2 rings (SSSR count). The van der Waals surface area contributed by atoms with E-state index in [2.05, 4.69) is 74.7 Å². The van der Waals surface area contributed by atoms with Gasteiger partial charge in [0.15, 0.2) is 0 Å². The Bertz CT molecular complexity index is 733. The summed E-state index contributed by atoms with van der Waals surface area (Å²) in [6.07, 6.45) is 0. The Kier molecular flexibility index (Phi) is 10.6. The van der Waals surface area contributed by atoms with E-state index in [0.717, 1.165) is 0 Å². The van der Waals surface area contributed by atoms with Crippen LogP contribution in [0.5, 0.6) is 0 Å². The van der Waals surface area contributed by atoms with Gasteiger partial charge in [-0.05, 0) is 27.6 Å². The molecule has 0 unspecified atom stereocenters. The van der Waals surface area contributed by atoms with Gasteiger partial charge < -0.3 is 18.6 Å². The predicted molar refractivity (Wildman–Crippen MR) is 131 cm³/mol. The molecule has 8 heteroatoms. The molecule has 2 aromatic rings. The van der Waals surface area contributed by atoms with Gasteiger partial charge in [-0.2, -0.15) is 0 Å². The van der Waals surface area contributed by atoms with Gasteiger partial charge in [0.25, 0.3) is 13.5 Å². The molecule has 0 heterocycles. The van der Waals surface area contributed by atoms with Gasteiger partial charge in [0.2, 0.25) is 0 Å². The minimum atomic E-state index is -2.51. The molecule has 6 nitrogen and oxygen atoms in total. The van der Waals surface area contributed by atoms with Crippen LogP contribution in [-0.2, 0) is 18.6 Å². The standard InChI is InChI=1S/C23H34N2O4SSi/c1-23(2,3)31(20-10-6-4-7-11-20,21-12-8-5-9-13-21)29-19-17-27-15-14-26-16-18-28-22(30)25-24/h4-13H,14-19,24H2,1-3H3,(H,25,30). The molecule has 0 aliphatic rings. The molecule has 31 heavy (non-hydrogen) atoms. The summed E-state index contributed by atoms with van der Waals surface area (Å²) in [5.41, 5.74) is 2.25. The first-order valence-electron chi connectivity index (χ1n) is 10.5. The summed E-state index contributed by atoms with van der Waals surface area (Å²) in [4.78, 5) is 0. The molecule has 2 aromatic carbocycles. The van der Waals surface area contributed by atoms with E-state index in [1.54, 1.807) is 0 Å². The summed E-state index contributed by atoms with van der Waals surface area (Å²) in [5.74, 6) is 5.13. The van der Waals surface area contributed by atoms with E-state index in [-0.39, 0.29) is 10.2 Å². The lowest BCUT2D eigenvalue weighted by Gasteiger charge is -2.43. The number of hydrogen-bond acceptors (Lipinski definition) is 6. The first-order chi connectivity index (χ1) is 14.9. The second kappa shape index (κ2) is 12.9. The van der Waals surface area contributed by atoms with E-state index in [1.165, 1.54) is 10.4 Å². The highest BCUT2D eigenvalue weighted by atomic mass is 32.1. The monoisotopic (exact) mass is 462 g/mol. The SMILES string of the molecule is CC(C)(C)[Si](OCCOCCOCCOC(=S)NN)(c1ccccc1)c1ccccc1. The fourth-order valence-electron chi connectivity index (χ4n) is 3.57. The van der Waals surface area contributed by atoms with Crippen molar-refractivity contribution in [3.8, 4) is 0 Å². The highest BCUT2D eigenvalue weighted by molar-refractivity contribution is 7.80. The van der Waals surface area contributed by atoms with E-state index < -0.39 is 8.32 Å². The number of thiocarbonyl (C=S) groups is 1. The molecule has 0 saturated heterocycles. The zero-order valence-corrected chi connectivity index (χ0v) is 20.5. The van der Waals surface area contributed by atoms with E-state index in [0.29, 0.717) is 39.6 Å². The van der Waals surface area contributed by atoms with E-state index in [9.17, 15) is 0 Å². The van der Waals surface area contributed by atoms with Crippen LogP contribution in [0.4, 0.5) is 0 Å². The molecule has 0 saturated carbocycles. The maximum Gasteiger partial charge on any atom is 0.271 e. The van der Waals surface area contributed by atoms with Crippen LogP contribution < -0.4 is 21.6 Å². The van der Waals surface area contributed by atoms with Crippen molar-refractivity contribution in [3.05, 3.63) is 60.7 Å². The Hall–Kier alpha value is -1.81. The van der Waals surface area contributed by atoms with Gasteiger partial charge in [-0.1, -0.05) is 81.4 Å². The van der Waals surface area contributed by atoms with Crippen LogP contribution in [0.15, 0.2) is 60.7 Å². The maximum absolute atomic E-state index is 6.77. The molecular formula is C23H34N2O4SSi. The van der Waals surface area contributed by atoms with Gasteiger partial charge in [0.1, 0.15) is 6.61 Å². The van der Waals surface area contributed by atoms with Gasteiger partial charge in [-0.3, -0.25) is 5.43 Å². The van der Waals surface area contributed by atoms with Crippen molar-refractivity contribution in [2.45, 2.75) is 25.8 Å². The molecule has 0 bridgehead atoms. The Labute approximate surface area is 192 Å². The van der Waals surface area contributed by atoms with Gasteiger partial charge in [0.05, 0.1) is 33.0 Å². The molecule has 170 valence electrons. The summed E-state index contributed by atoms with van der Waals surface area (Å²) < 4.78 is 23.1. The molecule has 3 N–H and O–H groups in total. The molecule has 0 aliphatic heterocycles. The number of hydrazine groups is 1. The number of benzene rings is 2. The lowest BCUT2D eigenvalue weighted by atomic mass is 10.2. The topological polar surface area (TPSA) is 75.0 Å². The van der Waals surface area contributed by atoms with Crippen LogP contribution in [-0.4, -0.2) is 53.1 Å². The third kappa shape index (κ3) is 7.38. The lowest BCUT2D eigenvalue weighted by molar-refractivity contribution is 0.0251. The van der Waals surface area contributed by atoms with Crippen molar-refractivity contribution < 1.29 is 18.6 Å². The third-order valence-corrected chi connectivity index (χ3v) is 10.2. The van der Waals surface area contributed by atoms with Crippen LogP contribution in [0.25, 0.3) is 0 Å². The molecule has 0 radical (unpaired) electrons. The van der Waals surface area contributed by atoms with E-state index in [1.807, 2.05) is 12.1 Å². The van der Waals surface area contributed by atoms with Gasteiger partial charge in [0, 0.05) is 0 Å². The zero-order valence-electron chi connectivity index (χ0n) is 18.6. The quantitative estimate of drug-likeness (QED) is 0.165. The van der Waals surface area contributed by atoms with Crippen molar-refractivity contribution in [2.24, 2.45) is 5.84 Å². The molecule has 0 aliphatic carbocycles. The van der Waals surface area contributed by atoms with Crippen LogP contribution in [0, 0.1) is 0 Å². The smallest absolute Gasteiger partial charge is 0.271 e. The Morgan fingerprint density at radius 1 is 0.806 bits per heavy atom. The normalized spacial score (nSPS) is 11.9. The van der Waals surface area contributed by atoms with Crippen molar-refractivity contribution in [1.82, 2.24) is 5.43 Å². The second-order valence-electron chi connectivity index (χ2n) is 8.02. The molecular weight excluding hydrogens is 428 g/mol. The van der Waals surface area contributed by atoms with Crippen molar-refractivity contribution in [2.75, 3.05) is 39.6 Å². The number of rotatable bonds is 12. The summed E-state index contributed by atoms with van der Waals surface area (Å²) in [5, 5.41) is 2.64. The van der Waals surface area contributed by atoms with Gasteiger partial charge in [-0.25, -0.2) is 5.84 Å². The van der Waals surface area contributed by atoms with Crippen molar-refractivity contribution >= 4 is 36.1 Å². The zero-order chi connectivity index (χ0) is 22.6. The number of nitrogens with two attached hydrogens (primary N) is 1. The Balaban J connectivity index is 1.91. The third-order valence-electron chi connectivity index (χ3n) is 4.91. The second-order valence-corrected chi connectivity index (χ2v) is 12.7. The maximum atomic E-state index is 6.77. The summed E-state index contributed by atoms with van der Waals surface area (Å²) >= 11 is 4.78. The molecule has 0 spiro atoms. The van der Waals surface area contributed by atoms with Crippen LogP contribution >= 0.6 is 12.2 Å². The molecule has 0 atom stereocenters. The highest BCUT2D eigenvalue weighted by Crippen LogP contribution is 2.36. The summed E-state index contributed by atoms with van der Waals surface area (Å²) in [6, 6.07) is 21.2. The minimum Gasteiger partial charge on any atom is -0.468 e. The first kappa shape index (κ1) is 25.4. The summed E-state index contributed by atoms with van der Waals surface area (Å²) in [6.45, 7) is 9.56. The highest BCUT2D eigenvalue weighted by Gasteiger charge is 2.49. The fourth-order valence-corrected chi connectivity index (χ4v) is 8.20. The van der Waals surface area contributed by atoms with Crippen LogP contribution in [0.3, 0.4) is 0 Å². The van der Waals surface area contributed by atoms with E-state index in [4.69, 9.17) is 36.7 Å². The first-order valence-corrected chi connectivity index (χ1v) is 12.8. The van der Waals surface area contributed by atoms with E-state index >= 15 is 0 Å². The number of ether oxygens (including phenoxy) is 3. The Morgan fingerprint density at radius 2 is 1.26 bits per heavy atom. The van der Waals surface area contributed by atoms with Gasteiger partial charge in [-0.15, -0.1) is 0 Å². The average Bonchev–Trinajstić information content (AvgIpc) is 2.77. The molecule has 0 aromatic heterocycles. The summed E-state index contributed by atoms with van der Waals surface area (Å²) in [7, 11) is -2.51. The molecule has 0 fully saturated rings. The molecule has 0 amide bonds. The largest absolute Gasteiger partial charge is 0.468 e. The average molecular weight is 463 g/mol. The number of hydrogen-bond donors (Lipinski definition) is 2. The van der Waals surface area contributed by atoms with Crippen LogP contribution in [0.2, 0.25) is 5.04 Å². The number of nitrogens with one attached hydrogen (secondary N) is 1.